The molecule has 0 saturated carbocycles. The van der Waals surface area contributed by atoms with Gasteiger partial charge in [-0.3, -0.25) is 9.69 Å². The first kappa shape index (κ1) is 19.4. The molecule has 146 valence electrons. The first-order chi connectivity index (χ1) is 13.8. The number of carbonyl (C=O) groups excluding carboxylic acids is 2. The van der Waals surface area contributed by atoms with Crippen molar-refractivity contribution in [1.29, 1.82) is 5.26 Å². The number of fused-ring (bicyclic) bond motifs is 1. The highest BCUT2D eigenvalue weighted by molar-refractivity contribution is 6.13. The zero-order valence-electron chi connectivity index (χ0n) is 15.3. The number of nitrogens with zero attached hydrogens (tertiary/aromatic N) is 3. The smallest absolute Gasteiger partial charge is 0.413 e. The summed E-state index contributed by atoms with van der Waals surface area (Å²) in [4.78, 5) is 36.9. The fourth-order valence-electron chi connectivity index (χ4n) is 2.62. The van der Waals surface area contributed by atoms with E-state index in [2.05, 4.69) is 15.2 Å². The first-order valence-electron chi connectivity index (χ1n) is 8.15. The number of amides is 2. The van der Waals surface area contributed by atoms with Crippen molar-refractivity contribution in [2.24, 2.45) is 0 Å². The fraction of sp³-hybridized carbons (Fsp3) is 0.105. The van der Waals surface area contributed by atoms with Crippen LogP contribution in [0.25, 0.3) is 11.0 Å². The number of ether oxygens (including phenoxy) is 1. The third kappa shape index (κ3) is 3.70. The Morgan fingerprint density at radius 1 is 1.24 bits per heavy atom. The third-order valence-corrected chi connectivity index (χ3v) is 4.13. The second-order valence-corrected chi connectivity index (χ2v) is 5.87. The van der Waals surface area contributed by atoms with Gasteiger partial charge in [0.05, 0.1) is 41.1 Å². The average molecular weight is 394 g/mol. The van der Waals surface area contributed by atoms with Crippen molar-refractivity contribution >= 4 is 40.3 Å². The van der Waals surface area contributed by atoms with Gasteiger partial charge in [0.15, 0.2) is 11.3 Å². The second-order valence-electron chi connectivity index (χ2n) is 5.87. The van der Waals surface area contributed by atoms with Crippen molar-refractivity contribution in [3.8, 4) is 6.07 Å². The maximum atomic E-state index is 12.6. The third-order valence-electron chi connectivity index (χ3n) is 4.13. The number of nitrogens with one attached hydrogen (secondary N) is 1. The minimum absolute atomic E-state index is 0.0136. The molecule has 29 heavy (non-hydrogen) atoms. The molecule has 1 heterocycles. The van der Waals surface area contributed by atoms with Gasteiger partial charge in [-0.2, -0.15) is 5.26 Å². The van der Waals surface area contributed by atoms with Crippen LogP contribution in [0.3, 0.4) is 0 Å². The number of methoxy groups -OCH3 is 1. The normalized spacial score (nSPS) is 10.2. The van der Waals surface area contributed by atoms with E-state index < -0.39 is 18.0 Å². The minimum Gasteiger partial charge on any atom is -0.478 e. The van der Waals surface area contributed by atoms with E-state index in [0.717, 1.165) is 6.07 Å². The Labute approximate surface area is 163 Å². The Kier molecular flexibility index (Phi) is 5.14. The van der Waals surface area contributed by atoms with E-state index in [4.69, 9.17) is 9.78 Å². The molecule has 0 aliphatic heterocycles. The molecule has 10 heteroatoms. The van der Waals surface area contributed by atoms with Gasteiger partial charge in [-0.15, -0.1) is 0 Å². The number of hydrogen-bond acceptors (Lipinski definition) is 7. The summed E-state index contributed by atoms with van der Waals surface area (Å²) >= 11 is 0. The molecule has 0 spiro atoms. The molecule has 2 N–H and O–H groups in total. The molecule has 0 radical (unpaired) electrons. The fourth-order valence-corrected chi connectivity index (χ4v) is 2.62. The predicted octanol–water partition coefficient (Wildman–Crippen LogP) is 2.85. The summed E-state index contributed by atoms with van der Waals surface area (Å²) < 4.78 is 9.82. The molecule has 0 atom stereocenters. The van der Waals surface area contributed by atoms with Crippen molar-refractivity contribution in [2.75, 3.05) is 24.4 Å². The molecule has 0 aliphatic carbocycles. The topological polar surface area (TPSA) is 146 Å². The van der Waals surface area contributed by atoms with E-state index in [1.165, 1.54) is 37.3 Å². The summed E-state index contributed by atoms with van der Waals surface area (Å²) in [5.74, 6) is -1.98. The lowest BCUT2D eigenvalue weighted by molar-refractivity contribution is 0.0698. The van der Waals surface area contributed by atoms with Crippen molar-refractivity contribution < 1.29 is 28.8 Å². The molecule has 3 rings (SSSR count). The summed E-state index contributed by atoms with van der Waals surface area (Å²) in [6.45, 7) is 0. The van der Waals surface area contributed by atoms with Crippen molar-refractivity contribution in [2.45, 2.75) is 0 Å². The van der Waals surface area contributed by atoms with Crippen LogP contribution in [0.4, 0.5) is 16.2 Å². The van der Waals surface area contributed by atoms with Crippen LogP contribution in [-0.2, 0) is 4.74 Å². The van der Waals surface area contributed by atoms with E-state index in [-0.39, 0.29) is 28.1 Å². The van der Waals surface area contributed by atoms with Gasteiger partial charge in [0, 0.05) is 13.1 Å². The van der Waals surface area contributed by atoms with Crippen LogP contribution in [0.15, 0.2) is 40.9 Å². The number of carboxylic acid groups (broad SMARTS) is 1. The molecule has 0 unspecified atom stereocenters. The first-order valence-corrected chi connectivity index (χ1v) is 8.15. The number of aromatic carboxylic acids is 1. The zero-order valence-corrected chi connectivity index (χ0v) is 15.3. The Bertz CT molecular complexity index is 1180. The molecule has 0 aliphatic rings. The number of aromatic nitrogens is 1. The highest BCUT2D eigenvalue weighted by atomic mass is 16.5. The highest BCUT2D eigenvalue weighted by Crippen LogP contribution is 2.26. The van der Waals surface area contributed by atoms with Crippen molar-refractivity contribution in [3.05, 3.63) is 53.2 Å². The second kappa shape index (κ2) is 7.69. The van der Waals surface area contributed by atoms with E-state index in [9.17, 15) is 19.5 Å². The van der Waals surface area contributed by atoms with E-state index in [1.54, 1.807) is 12.1 Å². The minimum atomic E-state index is -1.29. The maximum Gasteiger partial charge on any atom is 0.413 e. The van der Waals surface area contributed by atoms with Gasteiger partial charge < -0.3 is 19.7 Å². The molecule has 0 bridgehead atoms. The highest BCUT2D eigenvalue weighted by Gasteiger charge is 2.21. The van der Waals surface area contributed by atoms with Crippen LogP contribution >= 0.6 is 0 Å². The molecular formula is C19H14N4O6. The van der Waals surface area contributed by atoms with Crippen molar-refractivity contribution in [1.82, 2.24) is 5.16 Å². The van der Waals surface area contributed by atoms with E-state index >= 15 is 0 Å². The van der Waals surface area contributed by atoms with Crippen LogP contribution in [0.1, 0.15) is 26.4 Å². The molecule has 1 aromatic heterocycles. The Morgan fingerprint density at radius 3 is 2.66 bits per heavy atom. The number of carboxylic acids is 1. The van der Waals surface area contributed by atoms with Crippen LogP contribution in [0.2, 0.25) is 0 Å². The van der Waals surface area contributed by atoms with Crippen LogP contribution in [0, 0.1) is 11.3 Å². The van der Waals surface area contributed by atoms with Gasteiger partial charge in [-0.05, 0) is 30.3 Å². The molecule has 2 amide bonds. The lowest BCUT2D eigenvalue weighted by atomic mass is 10.1. The number of anilines is 2. The van der Waals surface area contributed by atoms with Crippen molar-refractivity contribution in [3.63, 3.8) is 0 Å². The lowest BCUT2D eigenvalue weighted by Crippen LogP contribution is -2.25. The Hall–Kier alpha value is -4.39. The Balaban J connectivity index is 1.92. The van der Waals surface area contributed by atoms with Gasteiger partial charge in [0.25, 0.3) is 5.91 Å². The van der Waals surface area contributed by atoms with Gasteiger partial charge in [-0.1, -0.05) is 5.16 Å². The average Bonchev–Trinajstić information content (AvgIpc) is 3.16. The van der Waals surface area contributed by atoms with Gasteiger partial charge in [-0.25, -0.2) is 9.59 Å². The summed E-state index contributed by atoms with van der Waals surface area (Å²) in [6.07, 6.45) is -0.580. The molecular weight excluding hydrogens is 380 g/mol. The Morgan fingerprint density at radius 2 is 2.00 bits per heavy atom. The quantitative estimate of drug-likeness (QED) is 0.687. The SMILES string of the molecule is COC(=O)N(C)c1ccc2c(C(=O)Nc3ccc(C#N)cc3C(=O)O)noc2c1. The lowest BCUT2D eigenvalue weighted by Gasteiger charge is -2.14. The van der Waals surface area contributed by atoms with E-state index in [1.807, 2.05) is 6.07 Å². The number of rotatable bonds is 4. The molecule has 2 aromatic carbocycles. The van der Waals surface area contributed by atoms with Crippen LogP contribution in [-0.4, -0.2) is 42.4 Å². The largest absolute Gasteiger partial charge is 0.478 e. The number of hydrogen-bond donors (Lipinski definition) is 2. The standard InChI is InChI=1S/C19H14N4O6/c1-23(19(27)28-2)11-4-5-12-15(8-11)29-22-16(12)17(24)21-14-6-3-10(9-20)7-13(14)18(25)26/h3-8H,1-2H3,(H,21,24)(H,25,26). The van der Waals surface area contributed by atoms with Gasteiger partial charge in [0.2, 0.25) is 0 Å². The summed E-state index contributed by atoms with van der Waals surface area (Å²) in [5, 5.41) is 24.8. The molecule has 0 fully saturated rings. The van der Waals surface area contributed by atoms with Crippen LogP contribution < -0.4 is 10.2 Å². The molecule has 3 aromatic rings. The zero-order chi connectivity index (χ0) is 21.1. The van der Waals surface area contributed by atoms with Gasteiger partial charge in [0.1, 0.15) is 0 Å². The molecule has 10 nitrogen and oxygen atoms in total. The number of benzene rings is 2. The monoisotopic (exact) mass is 394 g/mol. The van der Waals surface area contributed by atoms with Gasteiger partial charge >= 0.3 is 12.1 Å². The van der Waals surface area contributed by atoms with Crippen LogP contribution in [0.5, 0.6) is 0 Å². The summed E-state index contributed by atoms with van der Waals surface area (Å²) in [5.41, 5.74) is 0.587. The molecule has 0 saturated heterocycles. The predicted molar refractivity (Wildman–Crippen MR) is 101 cm³/mol. The maximum absolute atomic E-state index is 12.6. The van der Waals surface area contributed by atoms with E-state index in [0.29, 0.717) is 11.1 Å². The number of nitriles is 1. The summed E-state index contributed by atoms with van der Waals surface area (Å²) in [7, 11) is 2.76. The summed E-state index contributed by atoms with van der Waals surface area (Å²) in [6, 6.07) is 10.4. The number of carbonyl (C=O) groups is 3.